The van der Waals surface area contributed by atoms with E-state index in [-0.39, 0.29) is 5.75 Å². The second-order valence-electron chi connectivity index (χ2n) is 3.91. The molecule has 2 rings (SSSR count). The number of benzene rings is 2. The van der Waals surface area contributed by atoms with E-state index in [9.17, 15) is 8.60 Å². The Morgan fingerprint density at radius 1 is 1.26 bits per heavy atom. The molecule has 0 aromatic heterocycles. The van der Waals surface area contributed by atoms with Gasteiger partial charge in [-0.05, 0) is 30.3 Å². The molecule has 0 saturated carbocycles. The molecule has 1 unspecified atom stereocenters. The van der Waals surface area contributed by atoms with E-state index >= 15 is 0 Å². The second kappa shape index (κ2) is 6.03. The average molecular weight is 363 g/mol. The van der Waals surface area contributed by atoms with Crippen LogP contribution in [0.15, 0.2) is 45.8 Å². The zero-order valence-electron chi connectivity index (χ0n) is 9.70. The van der Waals surface area contributed by atoms with Crippen LogP contribution in [-0.2, 0) is 16.6 Å². The van der Waals surface area contributed by atoms with Gasteiger partial charge in [0.25, 0.3) is 0 Å². The Morgan fingerprint density at radius 2 is 2.00 bits per heavy atom. The molecule has 0 aliphatic rings. The SMILES string of the molecule is Nc1ccc(Cl)cc1S(=O)Cc1ccc(Br)cc1F. The minimum Gasteiger partial charge on any atom is -0.398 e. The van der Waals surface area contributed by atoms with Crippen LogP contribution in [0.5, 0.6) is 0 Å². The Bertz CT molecular complexity index is 651. The lowest BCUT2D eigenvalue weighted by Crippen LogP contribution is -2.02. The summed E-state index contributed by atoms with van der Waals surface area (Å²) in [5, 5.41) is 0.453. The number of nitrogens with two attached hydrogens (primary N) is 1. The molecule has 0 radical (unpaired) electrons. The highest BCUT2D eigenvalue weighted by Gasteiger charge is 2.12. The summed E-state index contributed by atoms with van der Waals surface area (Å²) in [6, 6.07) is 9.40. The molecule has 0 aliphatic carbocycles. The largest absolute Gasteiger partial charge is 0.398 e. The second-order valence-corrected chi connectivity index (χ2v) is 6.68. The van der Waals surface area contributed by atoms with Gasteiger partial charge < -0.3 is 5.73 Å². The lowest BCUT2D eigenvalue weighted by Gasteiger charge is -2.07. The molecule has 19 heavy (non-hydrogen) atoms. The summed E-state index contributed by atoms with van der Waals surface area (Å²) in [4.78, 5) is 0.426. The maximum Gasteiger partial charge on any atom is 0.128 e. The Hall–Kier alpha value is -0.910. The standard InChI is InChI=1S/C13H10BrClFNOS/c14-9-2-1-8(11(16)5-9)7-19(18)13-6-10(15)3-4-12(13)17/h1-6H,7,17H2. The van der Waals surface area contributed by atoms with Crippen LogP contribution in [0.3, 0.4) is 0 Å². The fraction of sp³-hybridized carbons (Fsp3) is 0.0769. The summed E-state index contributed by atoms with van der Waals surface area (Å²) in [6.45, 7) is 0. The monoisotopic (exact) mass is 361 g/mol. The van der Waals surface area contributed by atoms with Crippen LogP contribution in [0.2, 0.25) is 5.02 Å². The van der Waals surface area contributed by atoms with E-state index in [0.29, 0.717) is 25.6 Å². The van der Waals surface area contributed by atoms with Gasteiger partial charge in [-0.1, -0.05) is 33.6 Å². The van der Waals surface area contributed by atoms with Gasteiger partial charge in [-0.2, -0.15) is 0 Å². The van der Waals surface area contributed by atoms with Crippen LogP contribution in [0.4, 0.5) is 10.1 Å². The van der Waals surface area contributed by atoms with Gasteiger partial charge in [0.1, 0.15) is 5.82 Å². The molecule has 0 heterocycles. The highest BCUT2D eigenvalue weighted by atomic mass is 79.9. The van der Waals surface area contributed by atoms with Crippen LogP contribution in [0, 0.1) is 5.82 Å². The minimum atomic E-state index is -1.44. The van der Waals surface area contributed by atoms with E-state index in [0.717, 1.165) is 0 Å². The number of halogens is 3. The number of nitrogen functional groups attached to an aromatic ring is 1. The summed E-state index contributed by atoms with van der Waals surface area (Å²) in [7, 11) is -1.44. The zero-order chi connectivity index (χ0) is 14.0. The minimum absolute atomic E-state index is 0.0592. The number of anilines is 1. The summed E-state index contributed by atoms with van der Waals surface area (Å²) in [5.74, 6) is -0.341. The first-order valence-corrected chi connectivity index (χ1v) is 7.83. The van der Waals surface area contributed by atoms with Crippen molar-refractivity contribution in [2.45, 2.75) is 10.6 Å². The van der Waals surface area contributed by atoms with Crippen molar-refractivity contribution in [2.75, 3.05) is 5.73 Å². The van der Waals surface area contributed by atoms with Gasteiger partial charge in [-0.25, -0.2) is 4.39 Å². The molecule has 1 atom stereocenters. The molecule has 2 aromatic rings. The molecule has 2 aromatic carbocycles. The summed E-state index contributed by atoms with van der Waals surface area (Å²) in [6.07, 6.45) is 0. The molecule has 2 nitrogen and oxygen atoms in total. The van der Waals surface area contributed by atoms with Crippen LogP contribution in [-0.4, -0.2) is 4.21 Å². The Balaban J connectivity index is 2.28. The van der Waals surface area contributed by atoms with E-state index in [2.05, 4.69) is 15.9 Å². The highest BCUT2D eigenvalue weighted by molar-refractivity contribution is 9.10. The van der Waals surface area contributed by atoms with Crippen LogP contribution in [0.1, 0.15) is 5.56 Å². The van der Waals surface area contributed by atoms with E-state index < -0.39 is 16.6 Å². The molecular weight excluding hydrogens is 353 g/mol. The van der Waals surface area contributed by atoms with Crippen LogP contribution >= 0.6 is 27.5 Å². The molecule has 0 amide bonds. The highest BCUT2D eigenvalue weighted by Crippen LogP contribution is 2.24. The Labute approximate surface area is 126 Å². The molecule has 6 heteroatoms. The summed E-state index contributed by atoms with van der Waals surface area (Å²) >= 11 is 9.02. The smallest absolute Gasteiger partial charge is 0.128 e. The third-order valence-electron chi connectivity index (χ3n) is 2.52. The van der Waals surface area contributed by atoms with E-state index in [1.54, 1.807) is 30.3 Å². The number of hydrogen-bond acceptors (Lipinski definition) is 2. The van der Waals surface area contributed by atoms with Gasteiger partial charge in [0.15, 0.2) is 0 Å². The van der Waals surface area contributed by atoms with Crippen molar-refractivity contribution in [3.63, 3.8) is 0 Å². The van der Waals surface area contributed by atoms with E-state index in [4.69, 9.17) is 17.3 Å². The lowest BCUT2D eigenvalue weighted by molar-refractivity contribution is 0.614. The van der Waals surface area contributed by atoms with Gasteiger partial charge in [-0.3, -0.25) is 4.21 Å². The van der Waals surface area contributed by atoms with Crippen LogP contribution in [0.25, 0.3) is 0 Å². The van der Waals surface area contributed by atoms with E-state index in [1.165, 1.54) is 6.07 Å². The normalized spacial score (nSPS) is 12.4. The van der Waals surface area contributed by atoms with Crippen molar-refractivity contribution in [3.8, 4) is 0 Å². The van der Waals surface area contributed by atoms with Crippen LogP contribution < -0.4 is 5.73 Å². The van der Waals surface area contributed by atoms with Crippen molar-refractivity contribution in [1.82, 2.24) is 0 Å². The van der Waals surface area contributed by atoms with Crippen molar-refractivity contribution in [2.24, 2.45) is 0 Å². The average Bonchev–Trinajstić information content (AvgIpc) is 2.35. The van der Waals surface area contributed by atoms with Crippen molar-refractivity contribution >= 4 is 44.0 Å². The topological polar surface area (TPSA) is 43.1 Å². The molecule has 0 aliphatic heterocycles. The van der Waals surface area contributed by atoms with Gasteiger partial charge >= 0.3 is 0 Å². The van der Waals surface area contributed by atoms with Gasteiger partial charge in [0.05, 0.1) is 21.4 Å². The molecule has 0 spiro atoms. The Morgan fingerprint density at radius 3 is 2.68 bits per heavy atom. The summed E-state index contributed by atoms with van der Waals surface area (Å²) in [5.41, 5.74) is 6.52. The first-order chi connectivity index (χ1) is 8.97. The maximum absolute atomic E-state index is 13.7. The molecule has 0 fully saturated rings. The fourth-order valence-corrected chi connectivity index (χ4v) is 3.39. The van der Waals surface area contributed by atoms with Crippen molar-refractivity contribution in [3.05, 3.63) is 57.3 Å². The number of rotatable bonds is 3. The predicted octanol–water partition coefficient (Wildman–Crippen LogP) is 4.13. The van der Waals surface area contributed by atoms with Gasteiger partial charge in [0, 0.05) is 20.7 Å². The first-order valence-electron chi connectivity index (χ1n) is 5.34. The fourth-order valence-electron chi connectivity index (χ4n) is 1.56. The third kappa shape index (κ3) is 3.55. The molecular formula is C13H10BrClFNOS. The third-order valence-corrected chi connectivity index (χ3v) is 4.67. The summed E-state index contributed by atoms with van der Waals surface area (Å²) < 4.78 is 26.5. The molecule has 0 saturated heterocycles. The lowest BCUT2D eigenvalue weighted by atomic mass is 10.2. The molecule has 2 N–H and O–H groups in total. The zero-order valence-corrected chi connectivity index (χ0v) is 12.9. The quantitative estimate of drug-likeness (QED) is 0.834. The maximum atomic E-state index is 13.7. The van der Waals surface area contributed by atoms with Gasteiger partial charge in [-0.15, -0.1) is 0 Å². The van der Waals surface area contributed by atoms with Crippen molar-refractivity contribution < 1.29 is 8.60 Å². The Kier molecular flexibility index (Phi) is 4.60. The molecule has 100 valence electrons. The van der Waals surface area contributed by atoms with E-state index in [1.807, 2.05) is 0 Å². The first kappa shape index (κ1) is 14.5. The predicted molar refractivity (Wildman–Crippen MR) is 80.1 cm³/mol. The number of hydrogen-bond donors (Lipinski definition) is 1. The molecule has 0 bridgehead atoms. The van der Waals surface area contributed by atoms with Gasteiger partial charge in [0.2, 0.25) is 0 Å². The van der Waals surface area contributed by atoms with Crippen molar-refractivity contribution in [1.29, 1.82) is 0 Å².